The van der Waals surface area contributed by atoms with Crippen LogP contribution in [0.3, 0.4) is 0 Å². The molecule has 2 heterocycles. The molecular formula is C27H18N2O5S2. The summed E-state index contributed by atoms with van der Waals surface area (Å²) in [5.74, 6) is 0.281. The molecule has 6 rings (SSSR count). The number of fused-ring (bicyclic) bond motifs is 4. The largest absolute Gasteiger partial charge is 0.493 e. The highest BCUT2D eigenvalue weighted by molar-refractivity contribution is 7.87. The van der Waals surface area contributed by atoms with Crippen LogP contribution in [0, 0.1) is 0 Å². The maximum Gasteiger partial charge on any atom is 0.339 e. The first kappa shape index (κ1) is 22.3. The molecule has 7 nitrogen and oxygen atoms in total. The number of hydrogen-bond donors (Lipinski definition) is 0. The Balaban J connectivity index is 1.39. The van der Waals surface area contributed by atoms with Crippen LogP contribution in [-0.2, 0) is 10.1 Å². The summed E-state index contributed by atoms with van der Waals surface area (Å²) in [7, 11) is -2.70. The minimum Gasteiger partial charge on any atom is -0.493 e. The van der Waals surface area contributed by atoms with Crippen molar-refractivity contribution in [3.8, 4) is 11.5 Å². The average Bonchev–Trinajstić information content (AvgIpc) is 3.40. The van der Waals surface area contributed by atoms with Gasteiger partial charge in [-0.1, -0.05) is 65.9 Å². The zero-order valence-corrected chi connectivity index (χ0v) is 20.5. The topological polar surface area (TPSA) is 87.0 Å². The van der Waals surface area contributed by atoms with Crippen molar-refractivity contribution in [2.75, 3.05) is 7.11 Å². The van der Waals surface area contributed by atoms with E-state index < -0.39 is 10.1 Å². The lowest BCUT2D eigenvalue weighted by atomic mass is 10.1. The van der Waals surface area contributed by atoms with E-state index in [0.29, 0.717) is 20.4 Å². The summed E-state index contributed by atoms with van der Waals surface area (Å²) in [6.07, 6.45) is 1.72. The van der Waals surface area contributed by atoms with E-state index in [1.165, 1.54) is 30.6 Å². The molecule has 0 aliphatic heterocycles. The van der Waals surface area contributed by atoms with E-state index in [2.05, 4.69) is 4.98 Å². The van der Waals surface area contributed by atoms with Crippen LogP contribution in [-0.4, -0.2) is 24.9 Å². The van der Waals surface area contributed by atoms with E-state index in [1.807, 2.05) is 42.5 Å². The summed E-state index contributed by atoms with van der Waals surface area (Å²) in [5, 5.41) is 1.37. The lowest BCUT2D eigenvalue weighted by Crippen LogP contribution is -2.22. The molecule has 0 amide bonds. The standard InChI is InChI=1S/C27H18N2O5S2/c1-33-23-15-17(16-24-26(30)29-21-11-5-4-10-20(21)28-27(29)35-24)13-14-22(23)34-36(31,32)25-12-6-8-18-7-2-3-9-19(18)25/h2-16H,1H3/b24-16-. The fourth-order valence-corrected chi connectivity index (χ4v) is 6.33. The Morgan fingerprint density at radius 2 is 1.69 bits per heavy atom. The van der Waals surface area contributed by atoms with E-state index in [0.717, 1.165) is 16.4 Å². The van der Waals surface area contributed by atoms with Gasteiger partial charge < -0.3 is 8.92 Å². The molecule has 36 heavy (non-hydrogen) atoms. The molecule has 6 aromatic rings. The van der Waals surface area contributed by atoms with Crippen LogP contribution in [0.1, 0.15) is 5.56 Å². The van der Waals surface area contributed by atoms with Crippen molar-refractivity contribution in [2.24, 2.45) is 0 Å². The van der Waals surface area contributed by atoms with Gasteiger partial charge in [0.1, 0.15) is 4.90 Å². The van der Waals surface area contributed by atoms with Crippen LogP contribution in [0.2, 0.25) is 0 Å². The van der Waals surface area contributed by atoms with Crippen LogP contribution < -0.4 is 19.0 Å². The number of para-hydroxylation sites is 2. The Bertz CT molecular complexity index is 2000. The zero-order valence-electron chi connectivity index (χ0n) is 18.9. The number of thiazole rings is 1. The first-order valence-corrected chi connectivity index (χ1v) is 13.2. The van der Waals surface area contributed by atoms with Gasteiger partial charge in [-0.25, -0.2) is 9.38 Å². The first-order valence-electron chi connectivity index (χ1n) is 11.0. The maximum atomic E-state index is 13.1. The van der Waals surface area contributed by atoms with E-state index in [4.69, 9.17) is 8.92 Å². The average molecular weight is 515 g/mol. The summed E-state index contributed by atoms with van der Waals surface area (Å²) in [6.45, 7) is 0. The highest BCUT2D eigenvalue weighted by Gasteiger charge is 2.22. The minimum absolute atomic E-state index is 0.0527. The molecule has 9 heteroatoms. The maximum absolute atomic E-state index is 13.1. The van der Waals surface area contributed by atoms with Crippen LogP contribution in [0.4, 0.5) is 0 Å². The molecule has 0 fully saturated rings. The Morgan fingerprint density at radius 3 is 2.56 bits per heavy atom. The van der Waals surface area contributed by atoms with Crippen molar-refractivity contribution in [3.63, 3.8) is 0 Å². The lowest BCUT2D eigenvalue weighted by molar-refractivity contribution is 0.390. The van der Waals surface area contributed by atoms with Crippen molar-refractivity contribution < 1.29 is 17.3 Å². The number of benzene rings is 4. The number of ether oxygens (including phenoxy) is 1. The van der Waals surface area contributed by atoms with E-state index in [1.54, 1.807) is 40.8 Å². The number of aromatic nitrogens is 2. The Kier molecular flexibility index (Phi) is 5.24. The SMILES string of the molecule is COc1cc(/C=c2\sc3nc4ccccc4n3c2=O)ccc1OS(=O)(=O)c1cccc2ccccc12. The quantitative estimate of drug-likeness (QED) is 0.317. The summed E-state index contributed by atoms with van der Waals surface area (Å²) in [6, 6.07) is 24.5. The van der Waals surface area contributed by atoms with Gasteiger partial charge in [0.25, 0.3) is 5.56 Å². The molecule has 0 saturated carbocycles. The second kappa shape index (κ2) is 8.47. The minimum atomic E-state index is -4.13. The molecule has 0 atom stereocenters. The molecule has 0 spiro atoms. The number of rotatable bonds is 5. The lowest BCUT2D eigenvalue weighted by Gasteiger charge is -2.12. The number of hydrogen-bond acceptors (Lipinski definition) is 7. The van der Waals surface area contributed by atoms with Crippen molar-refractivity contribution >= 4 is 54.3 Å². The number of imidazole rings is 1. The second-order valence-electron chi connectivity index (χ2n) is 8.06. The van der Waals surface area contributed by atoms with Gasteiger partial charge in [0.2, 0.25) is 0 Å². The summed E-state index contributed by atoms with van der Waals surface area (Å²) < 4.78 is 39.3. The van der Waals surface area contributed by atoms with Gasteiger partial charge in [0, 0.05) is 5.39 Å². The summed E-state index contributed by atoms with van der Waals surface area (Å²) in [4.78, 5) is 18.3. The van der Waals surface area contributed by atoms with Crippen LogP contribution in [0.15, 0.2) is 94.6 Å². The molecule has 0 aliphatic carbocycles. The molecule has 0 radical (unpaired) electrons. The molecule has 2 aromatic heterocycles. The Hall–Kier alpha value is -4.21. The predicted octanol–water partition coefficient (Wildman–Crippen LogP) is 4.39. The Labute approximate surface area is 209 Å². The smallest absolute Gasteiger partial charge is 0.339 e. The molecule has 4 aromatic carbocycles. The predicted molar refractivity (Wildman–Crippen MR) is 140 cm³/mol. The normalized spacial score (nSPS) is 12.5. The highest BCUT2D eigenvalue weighted by atomic mass is 32.2. The van der Waals surface area contributed by atoms with Gasteiger partial charge >= 0.3 is 10.1 Å². The summed E-state index contributed by atoms with van der Waals surface area (Å²) in [5.41, 5.74) is 2.02. The highest BCUT2D eigenvalue weighted by Crippen LogP contribution is 2.33. The molecule has 0 N–H and O–H groups in total. The fraction of sp³-hybridized carbons (Fsp3) is 0.0370. The molecule has 178 valence electrons. The van der Waals surface area contributed by atoms with Crippen molar-refractivity contribution in [3.05, 3.63) is 105 Å². The number of nitrogens with zero attached hydrogens (tertiary/aromatic N) is 2. The third kappa shape index (κ3) is 3.69. The van der Waals surface area contributed by atoms with Crippen molar-refractivity contribution in [1.82, 2.24) is 9.38 Å². The monoisotopic (exact) mass is 514 g/mol. The first-order chi connectivity index (χ1) is 17.4. The summed E-state index contributed by atoms with van der Waals surface area (Å²) >= 11 is 1.29. The van der Waals surface area contributed by atoms with E-state index >= 15 is 0 Å². The van der Waals surface area contributed by atoms with Crippen molar-refractivity contribution in [2.45, 2.75) is 4.90 Å². The van der Waals surface area contributed by atoms with E-state index in [-0.39, 0.29) is 22.0 Å². The van der Waals surface area contributed by atoms with Gasteiger partial charge in [-0.2, -0.15) is 8.42 Å². The molecule has 0 unspecified atom stereocenters. The molecular weight excluding hydrogens is 496 g/mol. The van der Waals surface area contributed by atoms with Gasteiger partial charge in [-0.15, -0.1) is 0 Å². The second-order valence-corrected chi connectivity index (χ2v) is 10.6. The van der Waals surface area contributed by atoms with Crippen LogP contribution >= 0.6 is 11.3 Å². The molecule has 0 bridgehead atoms. The molecule has 0 aliphatic rings. The fourth-order valence-electron chi connectivity index (χ4n) is 4.18. The van der Waals surface area contributed by atoms with Gasteiger partial charge in [-0.05, 0) is 47.4 Å². The zero-order chi connectivity index (χ0) is 24.9. The third-order valence-electron chi connectivity index (χ3n) is 5.85. The van der Waals surface area contributed by atoms with Gasteiger partial charge in [-0.3, -0.25) is 4.79 Å². The Morgan fingerprint density at radius 1 is 0.917 bits per heavy atom. The van der Waals surface area contributed by atoms with Crippen LogP contribution in [0.25, 0.3) is 32.8 Å². The van der Waals surface area contributed by atoms with E-state index in [9.17, 15) is 13.2 Å². The van der Waals surface area contributed by atoms with Gasteiger partial charge in [0.15, 0.2) is 16.5 Å². The third-order valence-corrected chi connectivity index (χ3v) is 8.11. The van der Waals surface area contributed by atoms with Crippen LogP contribution in [0.5, 0.6) is 11.5 Å². The van der Waals surface area contributed by atoms with Crippen molar-refractivity contribution in [1.29, 1.82) is 0 Å². The van der Waals surface area contributed by atoms with Gasteiger partial charge in [0.05, 0.1) is 22.7 Å². The number of methoxy groups -OCH3 is 1. The molecule has 0 saturated heterocycles.